The molecule has 0 spiro atoms. The molecule has 2 unspecified atom stereocenters. The summed E-state index contributed by atoms with van der Waals surface area (Å²) >= 11 is 0. The fourth-order valence-corrected chi connectivity index (χ4v) is 2.66. The van der Waals surface area contributed by atoms with Gasteiger partial charge in [-0.05, 0) is 38.3 Å². The molecule has 1 fully saturated rings. The normalized spacial score (nSPS) is 20.6. The van der Waals surface area contributed by atoms with E-state index in [4.69, 9.17) is 9.47 Å². The molecule has 0 amide bonds. The van der Waals surface area contributed by atoms with E-state index in [9.17, 15) is 4.39 Å². The summed E-state index contributed by atoms with van der Waals surface area (Å²) in [7, 11) is 1.55. The highest BCUT2D eigenvalue weighted by Gasteiger charge is 2.27. The topological polar surface area (TPSA) is 30.5 Å². The second kappa shape index (κ2) is 7.60. The van der Waals surface area contributed by atoms with Crippen LogP contribution in [0.4, 0.5) is 4.39 Å². The number of methoxy groups -OCH3 is 1. The standard InChI is InChI=1S/C16H24FNO2/c1-3-9-18-16(15-6-4-5-10-20-15)13-8-7-12(19-2)11-14(13)17/h7-8,11,15-16,18H,3-6,9-10H2,1-2H3. The van der Waals surface area contributed by atoms with Crippen molar-refractivity contribution in [1.29, 1.82) is 0 Å². The number of hydrogen-bond donors (Lipinski definition) is 1. The zero-order chi connectivity index (χ0) is 14.4. The molecule has 1 aliphatic rings. The highest BCUT2D eigenvalue weighted by Crippen LogP contribution is 2.29. The molecule has 3 nitrogen and oxygen atoms in total. The minimum atomic E-state index is -0.230. The molecule has 1 aliphatic heterocycles. The van der Waals surface area contributed by atoms with Crippen LogP contribution in [0.3, 0.4) is 0 Å². The van der Waals surface area contributed by atoms with Crippen molar-refractivity contribution in [2.24, 2.45) is 0 Å². The summed E-state index contributed by atoms with van der Waals surface area (Å²) < 4.78 is 25.2. The van der Waals surface area contributed by atoms with Gasteiger partial charge in [0.05, 0.1) is 19.3 Å². The Labute approximate surface area is 120 Å². The van der Waals surface area contributed by atoms with Crippen LogP contribution in [-0.2, 0) is 4.74 Å². The number of rotatable bonds is 6. The average molecular weight is 281 g/mol. The molecule has 1 aromatic carbocycles. The van der Waals surface area contributed by atoms with Gasteiger partial charge in [-0.15, -0.1) is 0 Å². The number of halogens is 1. The van der Waals surface area contributed by atoms with Gasteiger partial charge >= 0.3 is 0 Å². The highest BCUT2D eigenvalue weighted by atomic mass is 19.1. The van der Waals surface area contributed by atoms with Gasteiger partial charge in [0.2, 0.25) is 0 Å². The number of benzene rings is 1. The van der Waals surface area contributed by atoms with E-state index in [0.717, 1.165) is 38.8 Å². The third-order valence-electron chi connectivity index (χ3n) is 3.74. The molecule has 0 radical (unpaired) electrons. The van der Waals surface area contributed by atoms with Gasteiger partial charge in [0, 0.05) is 18.2 Å². The Kier molecular flexibility index (Phi) is 5.80. The van der Waals surface area contributed by atoms with Crippen molar-refractivity contribution in [1.82, 2.24) is 5.32 Å². The molecular weight excluding hydrogens is 257 g/mol. The molecule has 1 aromatic rings. The van der Waals surface area contributed by atoms with E-state index < -0.39 is 0 Å². The summed E-state index contributed by atoms with van der Waals surface area (Å²) in [4.78, 5) is 0. The lowest BCUT2D eigenvalue weighted by molar-refractivity contribution is -0.00887. The number of hydrogen-bond acceptors (Lipinski definition) is 3. The van der Waals surface area contributed by atoms with Crippen LogP contribution in [0.15, 0.2) is 18.2 Å². The second-order valence-corrected chi connectivity index (χ2v) is 5.22. The Balaban J connectivity index is 2.20. The van der Waals surface area contributed by atoms with E-state index in [1.54, 1.807) is 13.2 Å². The van der Waals surface area contributed by atoms with Gasteiger partial charge < -0.3 is 14.8 Å². The third kappa shape index (κ3) is 3.70. The maximum absolute atomic E-state index is 14.3. The molecule has 0 aromatic heterocycles. The van der Waals surface area contributed by atoms with Crippen LogP contribution in [0.5, 0.6) is 5.75 Å². The van der Waals surface area contributed by atoms with E-state index in [1.165, 1.54) is 6.07 Å². The summed E-state index contributed by atoms with van der Waals surface area (Å²) in [6.07, 6.45) is 4.29. The first kappa shape index (κ1) is 15.3. The first-order valence-corrected chi connectivity index (χ1v) is 7.44. The number of ether oxygens (including phenoxy) is 2. The predicted octanol–water partition coefficient (Wildman–Crippen LogP) is 3.44. The van der Waals surface area contributed by atoms with E-state index in [0.29, 0.717) is 11.3 Å². The minimum Gasteiger partial charge on any atom is -0.497 e. The maximum Gasteiger partial charge on any atom is 0.131 e. The molecule has 2 atom stereocenters. The van der Waals surface area contributed by atoms with Crippen molar-refractivity contribution < 1.29 is 13.9 Å². The van der Waals surface area contributed by atoms with Gasteiger partial charge in [-0.25, -0.2) is 4.39 Å². The lowest BCUT2D eigenvalue weighted by Gasteiger charge is -2.32. The summed E-state index contributed by atoms with van der Waals surface area (Å²) in [5.41, 5.74) is 0.672. The van der Waals surface area contributed by atoms with Crippen molar-refractivity contribution >= 4 is 0 Å². The fraction of sp³-hybridized carbons (Fsp3) is 0.625. The fourth-order valence-electron chi connectivity index (χ4n) is 2.66. The Morgan fingerprint density at radius 1 is 1.45 bits per heavy atom. The molecule has 2 rings (SSSR count). The van der Waals surface area contributed by atoms with Crippen LogP contribution >= 0.6 is 0 Å². The quantitative estimate of drug-likeness (QED) is 0.866. The maximum atomic E-state index is 14.3. The van der Waals surface area contributed by atoms with Gasteiger partial charge in [-0.3, -0.25) is 0 Å². The van der Waals surface area contributed by atoms with Crippen LogP contribution in [0.2, 0.25) is 0 Å². The van der Waals surface area contributed by atoms with Crippen molar-refractivity contribution in [3.63, 3.8) is 0 Å². The molecule has 20 heavy (non-hydrogen) atoms. The largest absolute Gasteiger partial charge is 0.497 e. The third-order valence-corrected chi connectivity index (χ3v) is 3.74. The summed E-state index contributed by atoms with van der Waals surface area (Å²) in [6.45, 7) is 3.74. The second-order valence-electron chi connectivity index (χ2n) is 5.22. The number of nitrogens with one attached hydrogen (secondary N) is 1. The first-order valence-electron chi connectivity index (χ1n) is 7.44. The van der Waals surface area contributed by atoms with Crippen molar-refractivity contribution in [2.45, 2.75) is 44.8 Å². The van der Waals surface area contributed by atoms with Crippen LogP contribution in [0, 0.1) is 5.82 Å². The zero-order valence-corrected chi connectivity index (χ0v) is 12.3. The van der Waals surface area contributed by atoms with Crippen molar-refractivity contribution in [3.8, 4) is 5.75 Å². The first-order chi connectivity index (χ1) is 9.76. The summed E-state index contributed by atoms with van der Waals surface area (Å²) in [5.74, 6) is 0.317. The Hall–Kier alpha value is -1.13. The smallest absolute Gasteiger partial charge is 0.131 e. The van der Waals surface area contributed by atoms with Crippen LogP contribution < -0.4 is 10.1 Å². The molecule has 0 bridgehead atoms. The van der Waals surface area contributed by atoms with Crippen LogP contribution in [0.1, 0.15) is 44.2 Å². The minimum absolute atomic E-state index is 0.0539. The molecule has 1 heterocycles. The van der Waals surface area contributed by atoms with Gasteiger partial charge in [0.25, 0.3) is 0 Å². The van der Waals surface area contributed by atoms with Crippen molar-refractivity contribution in [2.75, 3.05) is 20.3 Å². The van der Waals surface area contributed by atoms with Gasteiger partial charge in [-0.2, -0.15) is 0 Å². The molecule has 0 aliphatic carbocycles. The van der Waals surface area contributed by atoms with Gasteiger partial charge in [0.15, 0.2) is 0 Å². The highest BCUT2D eigenvalue weighted by molar-refractivity contribution is 5.31. The molecule has 112 valence electrons. The molecule has 4 heteroatoms. The monoisotopic (exact) mass is 281 g/mol. The van der Waals surface area contributed by atoms with E-state index >= 15 is 0 Å². The Morgan fingerprint density at radius 3 is 2.90 bits per heavy atom. The summed E-state index contributed by atoms with van der Waals surface area (Å²) in [5, 5.41) is 3.43. The van der Waals surface area contributed by atoms with E-state index in [2.05, 4.69) is 12.2 Å². The summed E-state index contributed by atoms with van der Waals surface area (Å²) in [6, 6.07) is 4.97. The van der Waals surface area contributed by atoms with E-state index in [-0.39, 0.29) is 18.0 Å². The lowest BCUT2D eigenvalue weighted by atomic mass is 9.95. The SMILES string of the molecule is CCCNC(c1ccc(OC)cc1F)C1CCCCO1. The van der Waals surface area contributed by atoms with Gasteiger partial charge in [0.1, 0.15) is 11.6 Å². The molecular formula is C16H24FNO2. The molecule has 0 saturated carbocycles. The molecule has 1 saturated heterocycles. The van der Waals surface area contributed by atoms with Crippen molar-refractivity contribution in [3.05, 3.63) is 29.6 Å². The lowest BCUT2D eigenvalue weighted by Crippen LogP contribution is -2.37. The van der Waals surface area contributed by atoms with Crippen LogP contribution in [0.25, 0.3) is 0 Å². The Bertz CT molecular complexity index is 419. The molecule has 1 N–H and O–H groups in total. The zero-order valence-electron chi connectivity index (χ0n) is 12.3. The van der Waals surface area contributed by atoms with Gasteiger partial charge in [-0.1, -0.05) is 13.0 Å². The predicted molar refractivity (Wildman–Crippen MR) is 77.6 cm³/mol. The Morgan fingerprint density at radius 2 is 2.30 bits per heavy atom. The van der Waals surface area contributed by atoms with Crippen LogP contribution in [-0.4, -0.2) is 26.4 Å². The average Bonchev–Trinajstić information content (AvgIpc) is 2.50. The van der Waals surface area contributed by atoms with E-state index in [1.807, 2.05) is 6.07 Å².